The van der Waals surface area contributed by atoms with Crippen molar-refractivity contribution in [1.29, 1.82) is 0 Å². The number of hydrogen-bond donors (Lipinski definition) is 1. The van der Waals surface area contributed by atoms with E-state index in [-0.39, 0.29) is 0 Å². The summed E-state index contributed by atoms with van der Waals surface area (Å²) in [5, 5.41) is 3.72. The van der Waals surface area contributed by atoms with Crippen LogP contribution < -0.4 is 5.32 Å². The molecule has 1 aromatic rings. The highest BCUT2D eigenvalue weighted by molar-refractivity contribution is 5.32. The molecule has 1 nitrogen and oxygen atoms in total. The molecule has 0 aromatic heterocycles. The number of benzene rings is 1. The largest absolute Gasteiger partial charge is 0.314 e. The fraction of sp³-hybridized carbons (Fsp3) is 0.647. The molecule has 0 heterocycles. The lowest BCUT2D eigenvalue weighted by Gasteiger charge is -2.24. The van der Waals surface area contributed by atoms with Gasteiger partial charge in [0.15, 0.2) is 0 Å². The van der Waals surface area contributed by atoms with E-state index in [4.69, 9.17) is 0 Å². The SMILES string of the molecule is CCCCCC(NCC)C1Cc2ccccc2C1. The normalized spacial score (nSPS) is 16.8. The van der Waals surface area contributed by atoms with Crippen molar-refractivity contribution >= 4 is 0 Å². The van der Waals surface area contributed by atoms with Crippen LogP contribution in [-0.4, -0.2) is 12.6 Å². The molecule has 18 heavy (non-hydrogen) atoms. The smallest absolute Gasteiger partial charge is 0.0102 e. The summed E-state index contributed by atoms with van der Waals surface area (Å²) in [5.74, 6) is 0.819. The molecule has 0 saturated heterocycles. The molecular weight excluding hydrogens is 218 g/mol. The molecule has 1 unspecified atom stereocenters. The van der Waals surface area contributed by atoms with Gasteiger partial charge in [-0.2, -0.15) is 0 Å². The average Bonchev–Trinajstić information content (AvgIpc) is 2.81. The molecule has 1 aliphatic rings. The summed E-state index contributed by atoms with van der Waals surface area (Å²) < 4.78 is 0. The molecular formula is C17H27N. The molecule has 0 saturated carbocycles. The topological polar surface area (TPSA) is 12.0 Å². The number of hydrogen-bond acceptors (Lipinski definition) is 1. The fourth-order valence-corrected chi connectivity index (χ4v) is 3.26. The average molecular weight is 245 g/mol. The number of rotatable bonds is 7. The third-order valence-electron chi connectivity index (χ3n) is 4.24. The van der Waals surface area contributed by atoms with E-state index in [9.17, 15) is 0 Å². The van der Waals surface area contributed by atoms with Crippen LogP contribution in [0.1, 0.15) is 50.7 Å². The Morgan fingerprint density at radius 3 is 2.33 bits per heavy atom. The van der Waals surface area contributed by atoms with Crippen LogP contribution in [0.4, 0.5) is 0 Å². The third kappa shape index (κ3) is 3.35. The summed E-state index contributed by atoms with van der Waals surface area (Å²) in [6.07, 6.45) is 7.98. The molecule has 0 radical (unpaired) electrons. The summed E-state index contributed by atoms with van der Waals surface area (Å²) in [5.41, 5.74) is 3.17. The summed E-state index contributed by atoms with van der Waals surface area (Å²) in [6.45, 7) is 5.62. The molecule has 1 aromatic carbocycles. The second kappa shape index (κ2) is 6.94. The van der Waals surface area contributed by atoms with Crippen LogP contribution in [0.25, 0.3) is 0 Å². The number of unbranched alkanes of at least 4 members (excludes halogenated alkanes) is 2. The van der Waals surface area contributed by atoms with Crippen LogP contribution in [0, 0.1) is 5.92 Å². The fourth-order valence-electron chi connectivity index (χ4n) is 3.26. The second-order valence-electron chi connectivity index (χ2n) is 5.60. The van der Waals surface area contributed by atoms with Gasteiger partial charge in [0.25, 0.3) is 0 Å². The molecule has 0 amide bonds. The van der Waals surface area contributed by atoms with Crippen LogP contribution in [0.3, 0.4) is 0 Å². The molecule has 2 rings (SSSR count). The van der Waals surface area contributed by atoms with Crippen LogP contribution in [0.5, 0.6) is 0 Å². The van der Waals surface area contributed by atoms with E-state index in [1.165, 1.54) is 38.5 Å². The van der Waals surface area contributed by atoms with Crippen LogP contribution in [-0.2, 0) is 12.8 Å². The quantitative estimate of drug-likeness (QED) is 0.717. The third-order valence-corrected chi connectivity index (χ3v) is 4.24. The molecule has 1 N–H and O–H groups in total. The zero-order valence-corrected chi connectivity index (χ0v) is 11.9. The van der Waals surface area contributed by atoms with Gasteiger partial charge in [-0.25, -0.2) is 0 Å². The van der Waals surface area contributed by atoms with Crippen LogP contribution in [0.2, 0.25) is 0 Å². The van der Waals surface area contributed by atoms with Crippen molar-refractivity contribution in [3.8, 4) is 0 Å². The van der Waals surface area contributed by atoms with Gasteiger partial charge in [0.2, 0.25) is 0 Å². The lowest BCUT2D eigenvalue weighted by Crippen LogP contribution is -2.36. The molecule has 1 atom stereocenters. The first-order valence-corrected chi connectivity index (χ1v) is 7.65. The van der Waals surface area contributed by atoms with E-state index in [0.29, 0.717) is 6.04 Å². The van der Waals surface area contributed by atoms with Gasteiger partial charge < -0.3 is 5.32 Å². The minimum Gasteiger partial charge on any atom is -0.314 e. The van der Waals surface area contributed by atoms with Crippen molar-refractivity contribution in [2.75, 3.05) is 6.54 Å². The minimum atomic E-state index is 0.717. The highest BCUT2D eigenvalue weighted by Crippen LogP contribution is 2.30. The monoisotopic (exact) mass is 245 g/mol. The highest BCUT2D eigenvalue weighted by atomic mass is 14.9. The summed E-state index contributed by atoms with van der Waals surface area (Å²) in [6, 6.07) is 9.70. The standard InChI is InChI=1S/C17H27N/c1-3-5-6-11-17(18-4-2)16-12-14-9-7-8-10-15(14)13-16/h7-10,16-18H,3-6,11-13H2,1-2H3. The Labute approximate surface area is 112 Å². The predicted octanol–water partition coefficient (Wildman–Crippen LogP) is 3.96. The molecule has 1 aliphatic carbocycles. The zero-order valence-electron chi connectivity index (χ0n) is 11.9. The molecule has 0 aliphatic heterocycles. The highest BCUT2D eigenvalue weighted by Gasteiger charge is 2.27. The van der Waals surface area contributed by atoms with Gasteiger partial charge in [0, 0.05) is 6.04 Å². The Morgan fingerprint density at radius 1 is 1.11 bits per heavy atom. The first-order valence-electron chi connectivity index (χ1n) is 7.65. The van der Waals surface area contributed by atoms with Crippen molar-refractivity contribution < 1.29 is 0 Å². The van der Waals surface area contributed by atoms with Crippen molar-refractivity contribution in [3.63, 3.8) is 0 Å². The van der Waals surface area contributed by atoms with Gasteiger partial charge >= 0.3 is 0 Å². The number of fused-ring (bicyclic) bond motifs is 1. The maximum atomic E-state index is 3.72. The molecule has 0 spiro atoms. The van der Waals surface area contributed by atoms with Gasteiger partial charge in [-0.3, -0.25) is 0 Å². The van der Waals surface area contributed by atoms with Gasteiger partial charge in [0.05, 0.1) is 0 Å². The zero-order chi connectivity index (χ0) is 12.8. The Morgan fingerprint density at radius 2 is 1.78 bits per heavy atom. The van der Waals surface area contributed by atoms with Crippen molar-refractivity contribution in [3.05, 3.63) is 35.4 Å². The summed E-state index contributed by atoms with van der Waals surface area (Å²) >= 11 is 0. The Hall–Kier alpha value is -0.820. The lowest BCUT2D eigenvalue weighted by atomic mass is 9.92. The van der Waals surface area contributed by atoms with Gasteiger partial charge in [-0.1, -0.05) is 57.4 Å². The first kappa shape index (κ1) is 13.6. The predicted molar refractivity (Wildman–Crippen MR) is 78.9 cm³/mol. The Kier molecular flexibility index (Phi) is 5.25. The van der Waals surface area contributed by atoms with Crippen LogP contribution in [0.15, 0.2) is 24.3 Å². The minimum absolute atomic E-state index is 0.717. The van der Waals surface area contributed by atoms with E-state index in [2.05, 4.69) is 43.4 Å². The van der Waals surface area contributed by atoms with E-state index in [1.807, 2.05) is 0 Å². The van der Waals surface area contributed by atoms with Crippen LogP contribution >= 0.6 is 0 Å². The molecule has 1 heteroatoms. The Balaban J connectivity index is 1.92. The molecule has 100 valence electrons. The van der Waals surface area contributed by atoms with E-state index in [1.54, 1.807) is 11.1 Å². The second-order valence-corrected chi connectivity index (χ2v) is 5.60. The van der Waals surface area contributed by atoms with E-state index in [0.717, 1.165) is 12.5 Å². The van der Waals surface area contributed by atoms with Crippen molar-refractivity contribution in [2.45, 2.75) is 58.4 Å². The Bertz CT molecular complexity index is 333. The summed E-state index contributed by atoms with van der Waals surface area (Å²) in [7, 11) is 0. The first-order chi connectivity index (χ1) is 8.85. The van der Waals surface area contributed by atoms with E-state index >= 15 is 0 Å². The maximum Gasteiger partial charge on any atom is 0.0102 e. The number of nitrogens with one attached hydrogen (secondary N) is 1. The molecule has 0 fully saturated rings. The maximum absolute atomic E-state index is 3.72. The van der Waals surface area contributed by atoms with Gasteiger partial charge in [0.1, 0.15) is 0 Å². The van der Waals surface area contributed by atoms with Crippen molar-refractivity contribution in [1.82, 2.24) is 5.32 Å². The molecule has 0 bridgehead atoms. The van der Waals surface area contributed by atoms with Gasteiger partial charge in [-0.05, 0) is 42.9 Å². The van der Waals surface area contributed by atoms with Crippen molar-refractivity contribution in [2.24, 2.45) is 5.92 Å². The van der Waals surface area contributed by atoms with E-state index < -0.39 is 0 Å². The summed E-state index contributed by atoms with van der Waals surface area (Å²) in [4.78, 5) is 0. The lowest BCUT2D eigenvalue weighted by molar-refractivity contribution is 0.341. The van der Waals surface area contributed by atoms with Gasteiger partial charge in [-0.15, -0.1) is 0 Å².